The van der Waals surface area contributed by atoms with Crippen LogP contribution in [0.4, 0.5) is 5.69 Å². The molecule has 2 N–H and O–H groups in total. The zero-order valence-corrected chi connectivity index (χ0v) is 15.7. The van der Waals surface area contributed by atoms with Crippen molar-refractivity contribution in [1.82, 2.24) is 0 Å². The van der Waals surface area contributed by atoms with E-state index in [9.17, 15) is 9.59 Å². The van der Waals surface area contributed by atoms with Gasteiger partial charge in [0.1, 0.15) is 0 Å². The molecule has 0 aliphatic heterocycles. The molecule has 6 nitrogen and oxygen atoms in total. The fourth-order valence-corrected chi connectivity index (χ4v) is 3.11. The number of benzene rings is 2. The minimum atomic E-state index is -0.844. The van der Waals surface area contributed by atoms with Gasteiger partial charge in [0, 0.05) is 17.0 Å². The summed E-state index contributed by atoms with van der Waals surface area (Å²) in [5.74, 6) is 0.565. The third-order valence-corrected chi connectivity index (χ3v) is 4.64. The summed E-state index contributed by atoms with van der Waals surface area (Å²) < 4.78 is 10.5. The Bertz CT molecular complexity index is 807. The van der Waals surface area contributed by atoms with Crippen molar-refractivity contribution in [3.63, 3.8) is 0 Å². The lowest BCUT2D eigenvalue weighted by Gasteiger charge is -2.13. The van der Waals surface area contributed by atoms with Crippen molar-refractivity contribution in [3.05, 3.63) is 53.1 Å². The first-order valence-electron chi connectivity index (χ1n) is 7.87. The molecule has 2 aromatic carbocycles. The van der Waals surface area contributed by atoms with Gasteiger partial charge in [-0.05, 0) is 42.3 Å². The van der Waals surface area contributed by atoms with Gasteiger partial charge < -0.3 is 19.9 Å². The molecule has 7 heteroatoms. The van der Waals surface area contributed by atoms with E-state index < -0.39 is 5.97 Å². The fourth-order valence-electron chi connectivity index (χ4n) is 2.42. The minimum absolute atomic E-state index is 0.0431. The summed E-state index contributed by atoms with van der Waals surface area (Å²) in [6.45, 7) is 1.83. The summed E-state index contributed by atoms with van der Waals surface area (Å²) in [5, 5.41) is 11.6. The van der Waals surface area contributed by atoms with E-state index in [2.05, 4.69) is 5.32 Å². The smallest absolute Gasteiger partial charge is 0.313 e. The molecule has 0 aliphatic carbocycles. The normalized spacial score (nSPS) is 10.3. The van der Waals surface area contributed by atoms with Crippen molar-refractivity contribution in [2.75, 3.05) is 25.3 Å². The number of amides is 1. The van der Waals surface area contributed by atoms with E-state index in [1.54, 1.807) is 25.3 Å². The Balaban J connectivity index is 2.13. The van der Waals surface area contributed by atoms with Crippen molar-refractivity contribution in [2.24, 2.45) is 0 Å². The van der Waals surface area contributed by atoms with Gasteiger partial charge in [0.15, 0.2) is 11.5 Å². The second kappa shape index (κ2) is 9.15. The van der Waals surface area contributed by atoms with E-state index in [1.807, 2.05) is 25.1 Å². The molecule has 0 radical (unpaired) electrons. The lowest BCUT2D eigenvalue weighted by atomic mass is 10.1. The van der Waals surface area contributed by atoms with Crippen molar-refractivity contribution in [2.45, 2.75) is 12.7 Å². The number of hydrogen-bond acceptors (Lipinski definition) is 5. The van der Waals surface area contributed by atoms with Crippen LogP contribution in [0, 0.1) is 6.92 Å². The quantitative estimate of drug-likeness (QED) is 0.734. The number of carboxylic acids is 1. The van der Waals surface area contributed by atoms with Crippen LogP contribution in [0.3, 0.4) is 0 Å². The maximum absolute atomic E-state index is 12.6. The molecule has 1 amide bonds. The molecule has 2 aromatic rings. The summed E-state index contributed by atoms with van der Waals surface area (Å²) in [5.41, 5.74) is 2.86. The largest absolute Gasteiger partial charge is 0.493 e. The first-order chi connectivity index (χ1) is 12.4. The predicted octanol–water partition coefficient (Wildman–Crippen LogP) is 3.58. The second-order valence-electron chi connectivity index (χ2n) is 5.56. The maximum atomic E-state index is 12.6. The van der Waals surface area contributed by atoms with Crippen molar-refractivity contribution < 1.29 is 24.2 Å². The highest BCUT2D eigenvalue weighted by Crippen LogP contribution is 2.30. The lowest BCUT2D eigenvalue weighted by Crippen LogP contribution is -2.14. The Morgan fingerprint density at radius 2 is 1.81 bits per heavy atom. The first kappa shape index (κ1) is 19.7. The number of carboxylic acid groups (broad SMARTS) is 1. The van der Waals surface area contributed by atoms with Gasteiger partial charge >= 0.3 is 5.97 Å². The third kappa shape index (κ3) is 5.16. The molecular weight excluding hydrogens is 354 g/mol. The molecule has 0 atom stereocenters. The Kier molecular flexibility index (Phi) is 6.91. The standard InChI is InChI=1S/C19H21NO5S/c1-12-7-16(24-2)17(25-3)9-15(12)19(23)20-14-6-4-5-13(8-14)10-26-11-18(21)22/h4-9H,10-11H2,1-3H3,(H,20,23)(H,21,22). The van der Waals surface area contributed by atoms with Crippen molar-refractivity contribution >= 4 is 29.3 Å². The minimum Gasteiger partial charge on any atom is -0.493 e. The van der Waals surface area contributed by atoms with Crippen molar-refractivity contribution in [1.29, 1.82) is 0 Å². The lowest BCUT2D eigenvalue weighted by molar-refractivity contribution is -0.133. The van der Waals surface area contributed by atoms with Crippen LogP contribution in [0.5, 0.6) is 11.5 Å². The van der Waals surface area contributed by atoms with Crippen LogP contribution in [0.2, 0.25) is 0 Å². The van der Waals surface area contributed by atoms with Crippen LogP contribution in [0.1, 0.15) is 21.5 Å². The number of hydrogen-bond donors (Lipinski definition) is 2. The number of carbonyl (C=O) groups excluding carboxylic acids is 1. The van der Waals surface area contributed by atoms with E-state index in [0.29, 0.717) is 28.5 Å². The number of methoxy groups -OCH3 is 2. The summed E-state index contributed by atoms with van der Waals surface area (Å²) in [6.07, 6.45) is 0. The predicted molar refractivity (Wildman–Crippen MR) is 102 cm³/mol. The molecule has 0 saturated carbocycles. The number of rotatable bonds is 8. The molecule has 0 unspecified atom stereocenters. The zero-order valence-electron chi connectivity index (χ0n) is 14.9. The van der Waals surface area contributed by atoms with Crippen molar-refractivity contribution in [3.8, 4) is 11.5 Å². The van der Waals surface area contributed by atoms with Gasteiger partial charge in [-0.25, -0.2) is 0 Å². The highest BCUT2D eigenvalue weighted by Gasteiger charge is 2.15. The van der Waals surface area contributed by atoms with Crippen LogP contribution in [-0.2, 0) is 10.5 Å². The molecule has 2 rings (SSSR count). The molecule has 0 bridgehead atoms. The topological polar surface area (TPSA) is 84.9 Å². The molecular formula is C19H21NO5S. The van der Waals surface area contributed by atoms with E-state index >= 15 is 0 Å². The number of nitrogens with one attached hydrogen (secondary N) is 1. The Morgan fingerprint density at radius 1 is 1.12 bits per heavy atom. The van der Waals surface area contributed by atoms with Crippen LogP contribution in [0.15, 0.2) is 36.4 Å². The average Bonchev–Trinajstić information content (AvgIpc) is 2.61. The maximum Gasteiger partial charge on any atom is 0.313 e. The number of carbonyl (C=O) groups is 2. The Morgan fingerprint density at radius 3 is 2.46 bits per heavy atom. The monoisotopic (exact) mass is 375 g/mol. The average molecular weight is 375 g/mol. The van der Waals surface area contributed by atoms with Gasteiger partial charge in [-0.1, -0.05) is 12.1 Å². The van der Waals surface area contributed by atoms with Gasteiger partial charge in [-0.2, -0.15) is 0 Å². The van der Waals surface area contributed by atoms with E-state index in [0.717, 1.165) is 11.1 Å². The number of aliphatic carboxylic acids is 1. The Hall–Kier alpha value is -2.67. The Labute approximate surface area is 156 Å². The molecule has 0 aliphatic rings. The first-order valence-corrected chi connectivity index (χ1v) is 9.02. The number of aryl methyl sites for hydroxylation is 1. The third-order valence-electron chi connectivity index (χ3n) is 3.65. The number of ether oxygens (including phenoxy) is 2. The molecule has 0 heterocycles. The van der Waals surface area contributed by atoms with Gasteiger partial charge in [-0.3, -0.25) is 9.59 Å². The van der Waals surface area contributed by atoms with Crippen LogP contribution >= 0.6 is 11.8 Å². The van der Waals surface area contributed by atoms with E-state index in [1.165, 1.54) is 18.9 Å². The highest BCUT2D eigenvalue weighted by atomic mass is 32.2. The van der Waals surface area contributed by atoms with Gasteiger partial charge in [0.25, 0.3) is 5.91 Å². The van der Waals surface area contributed by atoms with Crippen LogP contribution in [-0.4, -0.2) is 37.0 Å². The van der Waals surface area contributed by atoms with E-state index in [4.69, 9.17) is 14.6 Å². The van der Waals surface area contributed by atoms with Gasteiger partial charge in [-0.15, -0.1) is 11.8 Å². The highest BCUT2D eigenvalue weighted by molar-refractivity contribution is 7.99. The second-order valence-corrected chi connectivity index (χ2v) is 6.55. The summed E-state index contributed by atoms with van der Waals surface area (Å²) in [4.78, 5) is 23.2. The molecule has 26 heavy (non-hydrogen) atoms. The molecule has 138 valence electrons. The molecule has 0 aromatic heterocycles. The number of anilines is 1. The summed E-state index contributed by atoms with van der Waals surface area (Å²) >= 11 is 1.31. The van der Waals surface area contributed by atoms with E-state index in [-0.39, 0.29) is 11.7 Å². The molecule has 0 saturated heterocycles. The van der Waals surface area contributed by atoms with Crippen LogP contribution < -0.4 is 14.8 Å². The SMILES string of the molecule is COc1cc(C)c(C(=O)Nc2cccc(CSCC(=O)O)c2)cc1OC. The van der Waals surface area contributed by atoms with Gasteiger partial charge in [0.2, 0.25) is 0 Å². The zero-order chi connectivity index (χ0) is 19.1. The van der Waals surface area contributed by atoms with Gasteiger partial charge in [0.05, 0.1) is 20.0 Å². The summed E-state index contributed by atoms with van der Waals surface area (Å²) in [7, 11) is 3.07. The number of thioether (sulfide) groups is 1. The summed E-state index contributed by atoms with van der Waals surface area (Å²) in [6, 6.07) is 10.8. The molecule has 0 fully saturated rings. The van der Waals surface area contributed by atoms with Crippen LogP contribution in [0.25, 0.3) is 0 Å². The molecule has 0 spiro atoms. The fraction of sp³-hybridized carbons (Fsp3) is 0.263.